The van der Waals surface area contributed by atoms with Crippen LogP contribution < -0.4 is 0 Å². The molecule has 26 heavy (non-hydrogen) atoms. The van der Waals surface area contributed by atoms with Gasteiger partial charge in [-0.1, -0.05) is 28.9 Å². The van der Waals surface area contributed by atoms with Crippen molar-refractivity contribution in [2.75, 3.05) is 19.6 Å². The highest BCUT2D eigenvalue weighted by molar-refractivity contribution is 6.30. The molecule has 136 valence electrons. The van der Waals surface area contributed by atoms with Crippen LogP contribution in [0.15, 0.2) is 28.8 Å². The van der Waals surface area contributed by atoms with Crippen LogP contribution in [0.1, 0.15) is 36.3 Å². The maximum absolute atomic E-state index is 6.02. The smallest absolute Gasteiger partial charge is 0.228 e. The van der Waals surface area contributed by atoms with E-state index in [0.717, 1.165) is 56.1 Å². The Balaban J connectivity index is 1.35. The number of H-pyrrole nitrogens is 1. The van der Waals surface area contributed by atoms with Gasteiger partial charge >= 0.3 is 0 Å². The molecule has 2 aromatic heterocycles. The third kappa shape index (κ3) is 3.94. The monoisotopic (exact) mass is 372 g/mol. The van der Waals surface area contributed by atoms with Crippen LogP contribution in [-0.2, 0) is 6.42 Å². The van der Waals surface area contributed by atoms with Gasteiger partial charge < -0.3 is 9.42 Å². The predicted octanol–water partition coefficient (Wildman–Crippen LogP) is 3.24. The highest BCUT2D eigenvalue weighted by Crippen LogP contribution is 2.25. The zero-order chi connectivity index (χ0) is 17.9. The molecule has 0 amide bonds. The van der Waals surface area contributed by atoms with Crippen molar-refractivity contribution in [1.82, 2.24) is 30.2 Å². The van der Waals surface area contributed by atoms with Gasteiger partial charge in [-0.05, 0) is 38.4 Å². The molecule has 7 nitrogen and oxygen atoms in total. The largest absolute Gasteiger partial charge is 0.339 e. The normalized spacial score (nSPS) is 18.3. The lowest BCUT2D eigenvalue weighted by Crippen LogP contribution is -2.36. The first-order valence-corrected chi connectivity index (χ1v) is 9.25. The first-order valence-electron chi connectivity index (χ1n) is 8.87. The fourth-order valence-electron chi connectivity index (χ4n) is 3.37. The quantitative estimate of drug-likeness (QED) is 0.740. The standard InChI is InChI=1S/C18H21ClN6O/c1-12-20-17(23-22-12)14-5-3-8-25(11-14)9-7-16-21-18(24-26-16)13-4-2-6-15(19)10-13/h2,4,6,10,14H,3,5,7-9,11H2,1H3,(H,20,22,23). The van der Waals surface area contributed by atoms with Gasteiger partial charge in [0.2, 0.25) is 11.7 Å². The van der Waals surface area contributed by atoms with E-state index in [4.69, 9.17) is 16.1 Å². The number of nitrogens with one attached hydrogen (secondary N) is 1. The summed E-state index contributed by atoms with van der Waals surface area (Å²) >= 11 is 6.02. The van der Waals surface area contributed by atoms with Crippen LogP contribution in [0.3, 0.4) is 0 Å². The van der Waals surface area contributed by atoms with E-state index >= 15 is 0 Å². The van der Waals surface area contributed by atoms with Crippen LogP contribution in [-0.4, -0.2) is 49.9 Å². The van der Waals surface area contributed by atoms with E-state index in [1.54, 1.807) is 0 Å². The van der Waals surface area contributed by atoms with Crippen LogP contribution in [0.25, 0.3) is 11.4 Å². The molecular formula is C18H21ClN6O. The second-order valence-corrected chi connectivity index (χ2v) is 7.13. The van der Waals surface area contributed by atoms with Crippen molar-refractivity contribution < 1.29 is 4.52 Å². The Kier molecular flexibility index (Phi) is 4.99. The van der Waals surface area contributed by atoms with Crippen LogP contribution in [0, 0.1) is 6.92 Å². The number of hydrogen-bond donors (Lipinski definition) is 1. The highest BCUT2D eigenvalue weighted by atomic mass is 35.5. The van der Waals surface area contributed by atoms with E-state index in [-0.39, 0.29) is 0 Å². The lowest BCUT2D eigenvalue weighted by Gasteiger charge is -2.30. The molecule has 0 radical (unpaired) electrons. The fraction of sp³-hybridized carbons (Fsp3) is 0.444. The van der Waals surface area contributed by atoms with Gasteiger partial charge in [0, 0.05) is 36.0 Å². The second kappa shape index (κ2) is 7.55. The highest BCUT2D eigenvalue weighted by Gasteiger charge is 2.24. The molecule has 3 heterocycles. The second-order valence-electron chi connectivity index (χ2n) is 6.69. The van der Waals surface area contributed by atoms with Gasteiger partial charge in [0.25, 0.3) is 0 Å². The first-order chi connectivity index (χ1) is 12.7. The number of halogens is 1. The number of likely N-dealkylation sites (tertiary alicyclic amines) is 1. The summed E-state index contributed by atoms with van der Waals surface area (Å²) in [7, 11) is 0. The average Bonchev–Trinajstić information content (AvgIpc) is 3.29. The molecule has 1 atom stereocenters. The molecule has 3 aromatic rings. The van der Waals surface area contributed by atoms with Crippen molar-refractivity contribution in [2.24, 2.45) is 0 Å². The third-order valence-corrected chi connectivity index (χ3v) is 4.91. The molecule has 0 aliphatic carbocycles. The van der Waals surface area contributed by atoms with Gasteiger partial charge in [0.1, 0.15) is 5.82 Å². The molecular weight excluding hydrogens is 352 g/mol. The van der Waals surface area contributed by atoms with Crippen molar-refractivity contribution in [3.05, 3.63) is 46.8 Å². The third-order valence-electron chi connectivity index (χ3n) is 4.68. The molecule has 0 spiro atoms. The molecule has 0 bridgehead atoms. The summed E-state index contributed by atoms with van der Waals surface area (Å²) in [6, 6.07) is 7.47. The maximum atomic E-state index is 6.02. The summed E-state index contributed by atoms with van der Waals surface area (Å²) < 4.78 is 5.40. The number of piperidine rings is 1. The number of hydrogen-bond acceptors (Lipinski definition) is 6. The number of nitrogens with zero attached hydrogens (tertiary/aromatic N) is 5. The molecule has 1 aliphatic rings. The molecule has 1 saturated heterocycles. The molecule has 0 saturated carbocycles. The van der Waals surface area contributed by atoms with Crippen LogP contribution in [0.4, 0.5) is 0 Å². The number of aromatic amines is 1. The first kappa shape index (κ1) is 17.2. The summed E-state index contributed by atoms with van der Waals surface area (Å²) in [6.45, 7) is 4.86. The van der Waals surface area contributed by atoms with Crippen molar-refractivity contribution in [3.8, 4) is 11.4 Å². The topological polar surface area (TPSA) is 83.7 Å². The lowest BCUT2D eigenvalue weighted by molar-refractivity contribution is 0.200. The Bertz CT molecular complexity index is 876. The van der Waals surface area contributed by atoms with E-state index in [0.29, 0.717) is 22.7 Å². The summed E-state index contributed by atoms with van der Waals surface area (Å²) in [5, 5.41) is 12.0. The van der Waals surface area contributed by atoms with E-state index in [1.807, 2.05) is 31.2 Å². The number of aromatic nitrogens is 5. The summed E-state index contributed by atoms with van der Waals surface area (Å²) in [5.41, 5.74) is 0.866. The zero-order valence-corrected chi connectivity index (χ0v) is 15.4. The Morgan fingerprint density at radius 2 is 2.27 bits per heavy atom. The van der Waals surface area contributed by atoms with E-state index in [9.17, 15) is 0 Å². The molecule has 1 aromatic carbocycles. The SMILES string of the molecule is Cc1nc(C2CCCN(CCc3nc(-c4cccc(Cl)c4)no3)C2)n[nH]1. The van der Waals surface area contributed by atoms with E-state index in [2.05, 4.69) is 30.2 Å². The van der Waals surface area contributed by atoms with Gasteiger partial charge in [-0.15, -0.1) is 0 Å². The van der Waals surface area contributed by atoms with Crippen molar-refractivity contribution in [1.29, 1.82) is 0 Å². The molecule has 8 heteroatoms. The maximum Gasteiger partial charge on any atom is 0.228 e. The molecule has 1 unspecified atom stereocenters. The van der Waals surface area contributed by atoms with Gasteiger partial charge in [-0.2, -0.15) is 10.1 Å². The van der Waals surface area contributed by atoms with Crippen LogP contribution >= 0.6 is 11.6 Å². The minimum atomic E-state index is 0.387. The van der Waals surface area contributed by atoms with E-state index < -0.39 is 0 Å². The number of benzene rings is 1. The van der Waals surface area contributed by atoms with Gasteiger partial charge in [-0.3, -0.25) is 5.10 Å². The molecule has 1 fully saturated rings. The lowest BCUT2D eigenvalue weighted by atomic mass is 9.97. The van der Waals surface area contributed by atoms with E-state index in [1.165, 1.54) is 0 Å². The van der Waals surface area contributed by atoms with Gasteiger partial charge in [0.15, 0.2) is 5.82 Å². The fourth-order valence-corrected chi connectivity index (χ4v) is 3.56. The van der Waals surface area contributed by atoms with Crippen molar-refractivity contribution in [2.45, 2.75) is 32.1 Å². The Morgan fingerprint density at radius 3 is 3.08 bits per heavy atom. The number of aryl methyl sites for hydroxylation is 1. The van der Waals surface area contributed by atoms with Crippen molar-refractivity contribution in [3.63, 3.8) is 0 Å². The molecule has 1 aliphatic heterocycles. The Hall–Kier alpha value is -2.25. The predicted molar refractivity (Wildman–Crippen MR) is 98.0 cm³/mol. The Labute approximate surface area is 156 Å². The van der Waals surface area contributed by atoms with Gasteiger partial charge in [-0.25, -0.2) is 4.98 Å². The molecule has 4 rings (SSSR count). The Morgan fingerprint density at radius 1 is 1.35 bits per heavy atom. The molecule has 1 N–H and O–H groups in total. The number of rotatable bonds is 5. The summed E-state index contributed by atoms with van der Waals surface area (Å²) in [6.07, 6.45) is 3.01. The van der Waals surface area contributed by atoms with Crippen molar-refractivity contribution >= 4 is 11.6 Å². The van der Waals surface area contributed by atoms with Crippen LogP contribution in [0.5, 0.6) is 0 Å². The zero-order valence-electron chi connectivity index (χ0n) is 14.7. The van der Waals surface area contributed by atoms with Crippen LogP contribution in [0.2, 0.25) is 5.02 Å². The average molecular weight is 373 g/mol. The van der Waals surface area contributed by atoms with Gasteiger partial charge in [0.05, 0.1) is 0 Å². The summed E-state index contributed by atoms with van der Waals surface area (Å²) in [5.74, 6) is 3.41. The summed E-state index contributed by atoms with van der Waals surface area (Å²) in [4.78, 5) is 11.4. The minimum absolute atomic E-state index is 0.387. The minimum Gasteiger partial charge on any atom is -0.339 e.